The van der Waals surface area contributed by atoms with Crippen LogP contribution in [0.25, 0.3) is 10.4 Å². The van der Waals surface area contributed by atoms with Crippen LogP contribution in [-0.2, 0) is 14.4 Å². The lowest BCUT2D eigenvalue weighted by atomic mass is 9.85. The first kappa shape index (κ1) is 28.8. The molecule has 2 heterocycles. The molecule has 4 rings (SSSR count). The first-order chi connectivity index (χ1) is 18.5. The third kappa shape index (κ3) is 6.17. The van der Waals surface area contributed by atoms with Gasteiger partial charge in [-0.2, -0.15) is 5.26 Å². The van der Waals surface area contributed by atoms with Crippen molar-refractivity contribution in [2.45, 2.75) is 91.3 Å². The SMILES string of the molecule is CCCC(NC(=O)C1CCCN1C(=O)C(NC(=O)C1(C#N)CC1)C(C)(C)C)c1ccc(-c2scnc2C)cc1. The second-order valence-corrected chi connectivity index (χ2v) is 12.7. The van der Waals surface area contributed by atoms with Gasteiger partial charge in [-0.05, 0) is 55.6 Å². The van der Waals surface area contributed by atoms with Crippen LogP contribution in [0, 0.1) is 29.1 Å². The number of benzene rings is 1. The third-order valence-corrected chi connectivity index (χ3v) is 8.82. The highest BCUT2D eigenvalue weighted by atomic mass is 32.1. The van der Waals surface area contributed by atoms with Gasteiger partial charge in [-0.3, -0.25) is 14.4 Å². The first-order valence-corrected chi connectivity index (χ1v) is 14.7. The average molecular weight is 550 g/mol. The summed E-state index contributed by atoms with van der Waals surface area (Å²) in [5, 5.41) is 15.5. The van der Waals surface area contributed by atoms with Crippen molar-refractivity contribution in [3.05, 3.63) is 41.0 Å². The topological polar surface area (TPSA) is 115 Å². The van der Waals surface area contributed by atoms with E-state index in [1.165, 1.54) is 0 Å². The molecule has 0 spiro atoms. The maximum Gasteiger partial charge on any atom is 0.246 e. The fourth-order valence-electron chi connectivity index (χ4n) is 5.23. The van der Waals surface area contributed by atoms with E-state index in [-0.39, 0.29) is 17.9 Å². The van der Waals surface area contributed by atoms with Gasteiger partial charge >= 0.3 is 0 Å². The van der Waals surface area contributed by atoms with Crippen molar-refractivity contribution >= 4 is 29.1 Å². The zero-order valence-electron chi connectivity index (χ0n) is 23.5. The quantitative estimate of drug-likeness (QED) is 0.462. The lowest BCUT2D eigenvalue weighted by molar-refractivity contribution is -0.144. The van der Waals surface area contributed by atoms with Crippen LogP contribution in [0.3, 0.4) is 0 Å². The smallest absolute Gasteiger partial charge is 0.246 e. The number of aryl methyl sites for hydroxylation is 1. The van der Waals surface area contributed by atoms with E-state index in [2.05, 4.69) is 52.9 Å². The summed E-state index contributed by atoms with van der Waals surface area (Å²) in [5.41, 5.74) is 3.38. The van der Waals surface area contributed by atoms with Crippen molar-refractivity contribution in [2.24, 2.45) is 10.8 Å². The number of thiazole rings is 1. The van der Waals surface area contributed by atoms with Crippen molar-refractivity contribution < 1.29 is 14.4 Å². The molecular formula is C30H39N5O3S. The molecule has 2 aromatic rings. The van der Waals surface area contributed by atoms with E-state index in [1.54, 1.807) is 16.2 Å². The molecule has 208 valence electrons. The van der Waals surface area contributed by atoms with Crippen LogP contribution < -0.4 is 10.6 Å². The molecule has 3 amide bonds. The van der Waals surface area contributed by atoms with E-state index in [4.69, 9.17) is 0 Å². The van der Waals surface area contributed by atoms with E-state index < -0.39 is 28.8 Å². The van der Waals surface area contributed by atoms with Gasteiger partial charge in [-0.1, -0.05) is 58.4 Å². The van der Waals surface area contributed by atoms with E-state index in [1.807, 2.05) is 33.2 Å². The number of amides is 3. The Balaban J connectivity index is 1.48. The Kier molecular flexibility index (Phi) is 8.45. The van der Waals surface area contributed by atoms with Crippen LogP contribution in [0.4, 0.5) is 0 Å². The molecule has 1 aromatic carbocycles. The summed E-state index contributed by atoms with van der Waals surface area (Å²) >= 11 is 1.61. The molecule has 39 heavy (non-hydrogen) atoms. The monoisotopic (exact) mass is 549 g/mol. The number of aromatic nitrogens is 1. The maximum absolute atomic E-state index is 13.8. The van der Waals surface area contributed by atoms with Crippen LogP contribution in [0.2, 0.25) is 0 Å². The lowest BCUT2D eigenvalue weighted by Gasteiger charge is -2.36. The first-order valence-electron chi connectivity index (χ1n) is 13.8. The van der Waals surface area contributed by atoms with Gasteiger partial charge in [0, 0.05) is 6.54 Å². The zero-order chi connectivity index (χ0) is 28.4. The Morgan fingerprint density at radius 2 is 1.90 bits per heavy atom. The number of carbonyl (C=O) groups is 3. The van der Waals surface area contributed by atoms with Crippen LogP contribution >= 0.6 is 11.3 Å². The molecule has 0 bridgehead atoms. The van der Waals surface area contributed by atoms with Gasteiger partial charge in [-0.25, -0.2) is 4.98 Å². The average Bonchev–Trinajstić information content (AvgIpc) is 3.33. The summed E-state index contributed by atoms with van der Waals surface area (Å²) in [7, 11) is 0. The molecule has 2 N–H and O–H groups in total. The van der Waals surface area contributed by atoms with Crippen LogP contribution in [0.1, 0.15) is 83.5 Å². The molecule has 1 aliphatic heterocycles. The minimum atomic E-state index is -1.02. The predicted octanol–water partition coefficient (Wildman–Crippen LogP) is 4.90. The molecule has 9 heteroatoms. The third-order valence-electron chi connectivity index (χ3n) is 7.84. The van der Waals surface area contributed by atoms with Gasteiger partial charge in [0.25, 0.3) is 0 Å². The van der Waals surface area contributed by atoms with Crippen LogP contribution in [0.5, 0.6) is 0 Å². The number of likely N-dealkylation sites (tertiary alicyclic amines) is 1. The molecule has 8 nitrogen and oxygen atoms in total. The molecule has 3 unspecified atom stereocenters. The highest BCUT2D eigenvalue weighted by Crippen LogP contribution is 2.45. The number of carbonyl (C=O) groups excluding carboxylic acids is 3. The molecular weight excluding hydrogens is 510 g/mol. The number of rotatable bonds is 9. The number of hydrogen-bond acceptors (Lipinski definition) is 6. The highest BCUT2D eigenvalue weighted by molar-refractivity contribution is 7.13. The van der Waals surface area contributed by atoms with Gasteiger partial charge in [-0.15, -0.1) is 11.3 Å². The summed E-state index contributed by atoms with van der Waals surface area (Å²) in [4.78, 5) is 47.3. The lowest BCUT2D eigenvalue weighted by Crippen LogP contribution is -2.58. The van der Waals surface area contributed by atoms with Gasteiger partial charge < -0.3 is 15.5 Å². The largest absolute Gasteiger partial charge is 0.348 e. The van der Waals surface area contributed by atoms with Gasteiger partial charge in [0.15, 0.2) is 0 Å². The van der Waals surface area contributed by atoms with E-state index in [0.717, 1.165) is 41.0 Å². The van der Waals surface area contributed by atoms with Crippen LogP contribution in [0.15, 0.2) is 29.8 Å². The van der Waals surface area contributed by atoms with Crippen molar-refractivity contribution in [3.63, 3.8) is 0 Å². The molecule has 2 fully saturated rings. The van der Waals surface area contributed by atoms with Crippen LogP contribution in [-0.4, -0.2) is 46.2 Å². The summed E-state index contributed by atoms with van der Waals surface area (Å²) in [5.74, 6) is -0.826. The van der Waals surface area contributed by atoms with Gasteiger partial charge in [0.05, 0.1) is 28.2 Å². The fraction of sp³-hybridized carbons (Fsp3) is 0.567. The zero-order valence-corrected chi connectivity index (χ0v) is 24.4. The second kappa shape index (κ2) is 11.5. The fourth-order valence-corrected chi connectivity index (χ4v) is 6.04. The Morgan fingerprint density at radius 1 is 1.21 bits per heavy atom. The molecule has 2 aliphatic rings. The standard InChI is InChI=1S/C30H39N5O3S/c1-6-8-22(20-10-12-21(13-11-20)24-19(2)32-18-39-24)33-26(36)23-9-7-16-35(23)27(37)25(29(3,4)5)34-28(38)30(17-31)14-15-30/h10-13,18,22-23,25H,6-9,14-16H2,1-5H3,(H,33,36)(H,34,38). The van der Waals surface area contributed by atoms with Crippen molar-refractivity contribution in [3.8, 4) is 16.5 Å². The van der Waals surface area contributed by atoms with Gasteiger partial charge in [0.1, 0.15) is 17.5 Å². The molecule has 1 saturated carbocycles. The highest BCUT2D eigenvalue weighted by Gasteiger charge is 2.53. The van der Waals surface area contributed by atoms with Crippen molar-refractivity contribution in [1.29, 1.82) is 5.26 Å². The van der Waals surface area contributed by atoms with Crippen molar-refractivity contribution in [2.75, 3.05) is 6.54 Å². The van der Waals surface area contributed by atoms with E-state index in [9.17, 15) is 19.6 Å². The number of hydrogen-bond donors (Lipinski definition) is 2. The summed E-state index contributed by atoms with van der Waals surface area (Å²) in [6, 6.07) is 8.78. The maximum atomic E-state index is 13.8. The molecule has 1 aromatic heterocycles. The molecule has 1 aliphatic carbocycles. The number of nitrogens with one attached hydrogen (secondary N) is 2. The second-order valence-electron chi connectivity index (χ2n) is 11.9. The summed E-state index contributed by atoms with van der Waals surface area (Å²) < 4.78 is 0. The van der Waals surface area contributed by atoms with Crippen molar-refractivity contribution in [1.82, 2.24) is 20.5 Å². The molecule has 1 saturated heterocycles. The molecule has 3 atom stereocenters. The number of nitrogens with zero attached hydrogens (tertiary/aromatic N) is 3. The Bertz CT molecular complexity index is 1250. The minimum absolute atomic E-state index is 0.167. The normalized spacial score (nSPS) is 19.6. The summed E-state index contributed by atoms with van der Waals surface area (Å²) in [6.45, 7) is 10.2. The Hall–Kier alpha value is -3.25. The Morgan fingerprint density at radius 3 is 2.44 bits per heavy atom. The van der Waals surface area contributed by atoms with Gasteiger partial charge in [0.2, 0.25) is 17.7 Å². The predicted molar refractivity (Wildman–Crippen MR) is 151 cm³/mol. The molecule has 0 radical (unpaired) electrons. The minimum Gasteiger partial charge on any atom is -0.348 e. The summed E-state index contributed by atoms with van der Waals surface area (Å²) in [6.07, 6.45) is 4.00. The van der Waals surface area contributed by atoms with E-state index >= 15 is 0 Å². The van der Waals surface area contributed by atoms with E-state index in [0.29, 0.717) is 25.8 Å². The number of nitriles is 1. The Labute approximate surface area is 235 Å².